The van der Waals surface area contributed by atoms with Gasteiger partial charge < -0.3 is 20.3 Å². The summed E-state index contributed by atoms with van der Waals surface area (Å²) in [7, 11) is 0. The number of carbonyl (C=O) groups excluding carboxylic acids is 2. The zero-order valence-electron chi connectivity index (χ0n) is 18.9. The van der Waals surface area contributed by atoms with Crippen molar-refractivity contribution in [1.82, 2.24) is 20.2 Å². The van der Waals surface area contributed by atoms with Gasteiger partial charge in [0.25, 0.3) is 11.8 Å². The summed E-state index contributed by atoms with van der Waals surface area (Å²) in [6.45, 7) is 3.60. The van der Waals surface area contributed by atoms with E-state index in [-0.39, 0.29) is 17.5 Å². The van der Waals surface area contributed by atoms with Gasteiger partial charge in [0.15, 0.2) is 0 Å². The summed E-state index contributed by atoms with van der Waals surface area (Å²) in [5, 5.41) is 6.18. The molecule has 3 aliphatic heterocycles. The first-order valence-electron chi connectivity index (χ1n) is 11.9. The largest absolute Gasteiger partial charge is 0.378 e. The lowest BCUT2D eigenvalue weighted by Gasteiger charge is -2.35. The molecule has 1 aliphatic carbocycles. The Morgan fingerprint density at radius 1 is 1.15 bits per heavy atom. The summed E-state index contributed by atoms with van der Waals surface area (Å²) >= 11 is 0. The summed E-state index contributed by atoms with van der Waals surface area (Å²) in [6.07, 6.45) is 10.2. The number of carbonyl (C=O) groups is 2. The second kappa shape index (κ2) is 9.47. The molecule has 0 atom stereocenters. The number of hydrogen-bond acceptors (Lipinski definition) is 6. The molecule has 0 radical (unpaired) electrons. The minimum absolute atomic E-state index is 0.0636. The zero-order valence-corrected chi connectivity index (χ0v) is 18.9. The first kappa shape index (κ1) is 21.8. The zero-order chi connectivity index (χ0) is 22.7. The number of nitrogens with one attached hydrogen (secondary N) is 2. The van der Waals surface area contributed by atoms with Crippen LogP contribution in [0.2, 0.25) is 0 Å². The molecule has 2 N–H and O–H groups in total. The van der Waals surface area contributed by atoms with Crippen LogP contribution in [-0.4, -0.2) is 59.0 Å². The lowest BCUT2D eigenvalue weighted by Crippen LogP contribution is -2.35. The average molecular weight is 450 g/mol. The van der Waals surface area contributed by atoms with Crippen molar-refractivity contribution in [3.8, 4) is 0 Å². The number of anilines is 1. The molecule has 2 bridgehead atoms. The van der Waals surface area contributed by atoms with Crippen molar-refractivity contribution in [2.45, 2.75) is 51.2 Å². The predicted molar refractivity (Wildman–Crippen MR) is 124 cm³/mol. The van der Waals surface area contributed by atoms with E-state index in [2.05, 4.69) is 20.6 Å². The van der Waals surface area contributed by atoms with Gasteiger partial charge in [-0.2, -0.15) is 0 Å². The number of piperidine rings is 1. The van der Waals surface area contributed by atoms with E-state index in [9.17, 15) is 9.59 Å². The molecule has 1 aromatic carbocycles. The molecule has 8 nitrogen and oxygen atoms in total. The maximum absolute atomic E-state index is 12.7. The van der Waals surface area contributed by atoms with Crippen molar-refractivity contribution in [3.63, 3.8) is 0 Å². The molecule has 0 unspecified atom stereocenters. The standard InChI is InChI=1S/C25H31N5O3/c31-23(21-15-26-16-22(29-21)27-8-7-25-12-20(13-25)33-17-25)28-14-18-5-4-6-19(11-18)24(32)30-9-2-1-3-10-30/h4-6,11,15-16,20H,1-3,7-10,12-14,17H2,(H,27,29)(H,28,31). The molecule has 1 saturated carbocycles. The molecule has 174 valence electrons. The Hall–Kier alpha value is -3.00. The van der Waals surface area contributed by atoms with E-state index in [0.29, 0.717) is 29.4 Å². The van der Waals surface area contributed by atoms with Gasteiger partial charge in [0, 0.05) is 37.2 Å². The number of aromatic nitrogens is 2. The van der Waals surface area contributed by atoms with Gasteiger partial charge >= 0.3 is 0 Å². The van der Waals surface area contributed by atoms with E-state index in [4.69, 9.17) is 4.74 Å². The van der Waals surface area contributed by atoms with Crippen LogP contribution in [0.25, 0.3) is 0 Å². The van der Waals surface area contributed by atoms with Gasteiger partial charge in [0.05, 0.1) is 25.1 Å². The molecule has 4 fully saturated rings. The second-order valence-electron chi connectivity index (χ2n) is 9.54. The first-order valence-corrected chi connectivity index (χ1v) is 11.9. The van der Waals surface area contributed by atoms with Crippen LogP contribution in [0.1, 0.15) is 64.9 Å². The molecule has 4 heterocycles. The van der Waals surface area contributed by atoms with Gasteiger partial charge in [-0.3, -0.25) is 14.6 Å². The van der Waals surface area contributed by atoms with E-state index < -0.39 is 0 Å². The van der Waals surface area contributed by atoms with E-state index in [0.717, 1.165) is 63.9 Å². The predicted octanol–water partition coefficient (Wildman–Crippen LogP) is 3.01. The van der Waals surface area contributed by atoms with E-state index in [1.807, 2.05) is 29.2 Å². The molecular formula is C25H31N5O3. The van der Waals surface area contributed by atoms with Crippen LogP contribution in [0, 0.1) is 5.41 Å². The van der Waals surface area contributed by atoms with Crippen LogP contribution in [-0.2, 0) is 11.3 Å². The number of amides is 2. The van der Waals surface area contributed by atoms with Crippen molar-refractivity contribution in [3.05, 3.63) is 53.5 Å². The fraction of sp³-hybridized carbons (Fsp3) is 0.520. The third-order valence-electron chi connectivity index (χ3n) is 7.05. The Balaban J connectivity index is 1.13. The highest BCUT2D eigenvalue weighted by Gasteiger charge is 2.51. The van der Waals surface area contributed by atoms with Crippen LogP contribution >= 0.6 is 0 Å². The molecule has 3 saturated heterocycles. The fourth-order valence-corrected chi connectivity index (χ4v) is 5.10. The normalized spacial score (nSPS) is 23.6. The lowest BCUT2D eigenvalue weighted by molar-refractivity contribution is 0.0724. The van der Waals surface area contributed by atoms with E-state index in [1.54, 1.807) is 6.20 Å². The Morgan fingerprint density at radius 2 is 2.00 bits per heavy atom. The highest BCUT2D eigenvalue weighted by atomic mass is 16.5. The maximum atomic E-state index is 12.7. The summed E-state index contributed by atoms with van der Waals surface area (Å²) in [5.74, 6) is 0.375. The smallest absolute Gasteiger partial charge is 0.271 e. The number of rotatable bonds is 8. The summed E-state index contributed by atoms with van der Waals surface area (Å²) in [6, 6.07) is 7.47. The minimum atomic E-state index is -0.288. The summed E-state index contributed by atoms with van der Waals surface area (Å²) in [4.78, 5) is 35.9. The van der Waals surface area contributed by atoms with Crippen molar-refractivity contribution in [2.24, 2.45) is 5.41 Å². The van der Waals surface area contributed by atoms with Crippen molar-refractivity contribution in [1.29, 1.82) is 0 Å². The average Bonchev–Trinajstić information content (AvgIpc) is 3.44. The van der Waals surface area contributed by atoms with Crippen molar-refractivity contribution in [2.75, 3.05) is 31.6 Å². The topological polar surface area (TPSA) is 96.5 Å². The number of fused-ring (bicyclic) bond motifs is 1. The monoisotopic (exact) mass is 449 g/mol. The van der Waals surface area contributed by atoms with Crippen LogP contribution in [0.4, 0.5) is 5.82 Å². The lowest BCUT2D eigenvalue weighted by atomic mass is 9.68. The number of likely N-dealkylation sites (tertiary alicyclic amines) is 1. The quantitative estimate of drug-likeness (QED) is 0.643. The molecular weight excluding hydrogens is 418 g/mol. The van der Waals surface area contributed by atoms with Gasteiger partial charge in [-0.15, -0.1) is 0 Å². The molecule has 6 rings (SSSR count). The Morgan fingerprint density at radius 3 is 2.79 bits per heavy atom. The van der Waals surface area contributed by atoms with Crippen LogP contribution < -0.4 is 10.6 Å². The van der Waals surface area contributed by atoms with Crippen molar-refractivity contribution < 1.29 is 14.3 Å². The number of hydrogen-bond donors (Lipinski definition) is 2. The molecule has 1 aromatic heterocycles. The van der Waals surface area contributed by atoms with E-state index in [1.165, 1.54) is 12.6 Å². The highest BCUT2D eigenvalue weighted by Crippen LogP contribution is 2.52. The summed E-state index contributed by atoms with van der Waals surface area (Å²) in [5.41, 5.74) is 2.15. The molecule has 2 amide bonds. The molecule has 33 heavy (non-hydrogen) atoms. The molecule has 0 spiro atoms. The Kier molecular flexibility index (Phi) is 6.26. The third-order valence-corrected chi connectivity index (χ3v) is 7.05. The van der Waals surface area contributed by atoms with Gasteiger partial charge in [0.2, 0.25) is 0 Å². The number of nitrogens with zero attached hydrogens (tertiary/aromatic N) is 3. The van der Waals surface area contributed by atoms with Gasteiger partial charge in [-0.05, 0) is 56.2 Å². The Labute approximate surface area is 194 Å². The van der Waals surface area contributed by atoms with Crippen LogP contribution in [0.5, 0.6) is 0 Å². The Bertz CT molecular complexity index is 1010. The SMILES string of the molecule is O=C(NCc1cccc(C(=O)N2CCCCC2)c1)c1cncc(NCCC23COC(C2)C3)n1. The number of benzene rings is 1. The van der Waals surface area contributed by atoms with Crippen molar-refractivity contribution >= 4 is 17.6 Å². The minimum Gasteiger partial charge on any atom is -0.378 e. The van der Waals surface area contributed by atoms with Crippen LogP contribution in [0.3, 0.4) is 0 Å². The molecule has 4 aliphatic rings. The van der Waals surface area contributed by atoms with Gasteiger partial charge in [-0.1, -0.05) is 12.1 Å². The highest BCUT2D eigenvalue weighted by molar-refractivity contribution is 5.94. The second-order valence-corrected chi connectivity index (χ2v) is 9.54. The summed E-state index contributed by atoms with van der Waals surface area (Å²) < 4.78 is 5.67. The number of ether oxygens (including phenoxy) is 1. The third kappa shape index (κ3) is 5.00. The van der Waals surface area contributed by atoms with Crippen LogP contribution in [0.15, 0.2) is 36.7 Å². The fourth-order valence-electron chi connectivity index (χ4n) is 5.10. The van der Waals surface area contributed by atoms with E-state index >= 15 is 0 Å². The first-order chi connectivity index (χ1) is 16.1. The van der Waals surface area contributed by atoms with Gasteiger partial charge in [-0.25, -0.2) is 4.98 Å². The maximum Gasteiger partial charge on any atom is 0.271 e. The molecule has 8 heteroatoms. The van der Waals surface area contributed by atoms with Gasteiger partial charge in [0.1, 0.15) is 11.5 Å². The molecule has 2 aromatic rings.